The molecule has 2 heterocycles. The number of anilines is 1. The summed E-state index contributed by atoms with van der Waals surface area (Å²) in [5.41, 5.74) is 0.753. The van der Waals surface area contributed by atoms with Crippen molar-refractivity contribution in [3.63, 3.8) is 0 Å². The molecular formula is C16H21N5O. The number of nitrogens with zero attached hydrogens (tertiary/aromatic N) is 4. The summed E-state index contributed by atoms with van der Waals surface area (Å²) in [5, 5.41) is 27.9. The predicted octanol–water partition coefficient (Wildman–Crippen LogP) is 2.40. The lowest BCUT2D eigenvalue weighted by Gasteiger charge is -2.20. The first-order valence-electron chi connectivity index (χ1n) is 7.58. The number of fused-ring (bicyclic) bond motifs is 3. The Morgan fingerprint density at radius 2 is 1.91 bits per heavy atom. The molecule has 1 aromatic carbocycles. The number of hydrogen-bond donors (Lipinski definition) is 2. The van der Waals surface area contributed by atoms with Crippen molar-refractivity contribution in [2.24, 2.45) is 5.92 Å². The standard InChI is InChI=1S/C16H21N5O/c1-10(2)8-12(9-22)17-15-13-6-4-5-7-14(13)16-19-18-11(3)21(16)20-15/h4-7,10,12,22H,8-9H2,1-3H3,(H,17,20)/t12-/m0/s1. The van der Waals surface area contributed by atoms with E-state index in [0.29, 0.717) is 5.92 Å². The van der Waals surface area contributed by atoms with Crippen LogP contribution in [0.3, 0.4) is 0 Å². The summed E-state index contributed by atoms with van der Waals surface area (Å²) >= 11 is 0. The monoisotopic (exact) mass is 299 g/mol. The Kier molecular flexibility index (Phi) is 3.94. The third-order valence-electron chi connectivity index (χ3n) is 3.74. The lowest BCUT2D eigenvalue weighted by Crippen LogP contribution is -2.26. The van der Waals surface area contributed by atoms with E-state index >= 15 is 0 Å². The van der Waals surface area contributed by atoms with Gasteiger partial charge in [0.2, 0.25) is 0 Å². The summed E-state index contributed by atoms with van der Waals surface area (Å²) < 4.78 is 1.74. The van der Waals surface area contributed by atoms with E-state index in [-0.39, 0.29) is 12.6 Å². The van der Waals surface area contributed by atoms with Crippen LogP contribution in [-0.2, 0) is 0 Å². The number of rotatable bonds is 5. The Hall–Kier alpha value is -2.21. The van der Waals surface area contributed by atoms with Crippen molar-refractivity contribution in [1.82, 2.24) is 19.8 Å². The first-order valence-corrected chi connectivity index (χ1v) is 7.58. The van der Waals surface area contributed by atoms with E-state index in [4.69, 9.17) is 0 Å². The largest absolute Gasteiger partial charge is 0.394 e. The molecular weight excluding hydrogens is 278 g/mol. The zero-order valence-electron chi connectivity index (χ0n) is 13.1. The SMILES string of the molecule is Cc1nnc2c3ccccc3c(N[C@H](CO)CC(C)C)nn12. The van der Waals surface area contributed by atoms with Gasteiger partial charge in [-0.3, -0.25) is 0 Å². The van der Waals surface area contributed by atoms with E-state index in [0.717, 1.165) is 34.5 Å². The third kappa shape index (κ3) is 2.62. The molecule has 22 heavy (non-hydrogen) atoms. The van der Waals surface area contributed by atoms with Gasteiger partial charge in [0.25, 0.3) is 0 Å². The molecule has 6 heteroatoms. The minimum atomic E-state index is -0.0230. The molecule has 0 aliphatic heterocycles. The first kappa shape index (κ1) is 14.7. The molecule has 6 nitrogen and oxygen atoms in total. The molecule has 0 aliphatic rings. The van der Waals surface area contributed by atoms with E-state index < -0.39 is 0 Å². The van der Waals surface area contributed by atoms with Crippen LogP contribution < -0.4 is 5.32 Å². The highest BCUT2D eigenvalue weighted by Crippen LogP contribution is 2.25. The van der Waals surface area contributed by atoms with Crippen molar-refractivity contribution in [2.75, 3.05) is 11.9 Å². The van der Waals surface area contributed by atoms with Crippen molar-refractivity contribution >= 4 is 22.2 Å². The van der Waals surface area contributed by atoms with Gasteiger partial charge in [0, 0.05) is 10.8 Å². The molecule has 0 saturated carbocycles. The van der Waals surface area contributed by atoms with Gasteiger partial charge in [0.1, 0.15) is 0 Å². The molecule has 3 aromatic rings. The van der Waals surface area contributed by atoms with Crippen LogP contribution in [0.25, 0.3) is 16.4 Å². The smallest absolute Gasteiger partial charge is 0.185 e. The Morgan fingerprint density at radius 1 is 1.18 bits per heavy atom. The highest BCUT2D eigenvalue weighted by atomic mass is 16.3. The first-order chi connectivity index (χ1) is 10.6. The van der Waals surface area contributed by atoms with Gasteiger partial charge in [-0.05, 0) is 19.3 Å². The Balaban J connectivity index is 2.12. The van der Waals surface area contributed by atoms with Crippen molar-refractivity contribution in [3.05, 3.63) is 30.1 Å². The third-order valence-corrected chi connectivity index (χ3v) is 3.74. The molecule has 0 radical (unpaired) electrons. The van der Waals surface area contributed by atoms with Gasteiger partial charge in [-0.1, -0.05) is 38.1 Å². The number of nitrogens with one attached hydrogen (secondary N) is 1. The zero-order valence-corrected chi connectivity index (χ0v) is 13.1. The van der Waals surface area contributed by atoms with Crippen LogP contribution in [0.4, 0.5) is 5.82 Å². The fraction of sp³-hybridized carbons (Fsp3) is 0.438. The lowest BCUT2D eigenvalue weighted by molar-refractivity contribution is 0.259. The summed E-state index contributed by atoms with van der Waals surface area (Å²) in [5.74, 6) is 2.00. The van der Waals surface area contributed by atoms with Gasteiger partial charge in [0.05, 0.1) is 12.6 Å². The number of aromatic nitrogens is 4. The molecule has 0 amide bonds. The van der Waals surface area contributed by atoms with Crippen molar-refractivity contribution in [3.8, 4) is 0 Å². The van der Waals surface area contributed by atoms with Crippen molar-refractivity contribution in [1.29, 1.82) is 0 Å². The second-order valence-corrected chi connectivity index (χ2v) is 6.03. The molecule has 0 bridgehead atoms. The summed E-state index contributed by atoms with van der Waals surface area (Å²) in [4.78, 5) is 0. The van der Waals surface area contributed by atoms with Crippen LogP contribution in [0.5, 0.6) is 0 Å². The molecule has 0 unspecified atom stereocenters. The summed E-state index contributed by atoms with van der Waals surface area (Å²) in [7, 11) is 0. The molecule has 1 atom stereocenters. The van der Waals surface area contributed by atoms with Crippen LogP contribution in [0, 0.1) is 12.8 Å². The van der Waals surface area contributed by atoms with E-state index in [1.807, 2.05) is 31.2 Å². The Labute approximate surface area is 129 Å². The quantitative estimate of drug-likeness (QED) is 0.756. The van der Waals surface area contributed by atoms with Crippen LogP contribution in [0.15, 0.2) is 24.3 Å². The maximum atomic E-state index is 9.61. The number of hydrogen-bond acceptors (Lipinski definition) is 5. The van der Waals surface area contributed by atoms with E-state index in [1.54, 1.807) is 4.52 Å². The van der Waals surface area contributed by atoms with E-state index in [9.17, 15) is 5.11 Å². The number of aliphatic hydroxyl groups is 1. The average molecular weight is 299 g/mol. The van der Waals surface area contributed by atoms with Gasteiger partial charge in [-0.25, -0.2) is 0 Å². The number of benzene rings is 1. The highest BCUT2D eigenvalue weighted by Gasteiger charge is 2.15. The second-order valence-electron chi connectivity index (χ2n) is 6.03. The molecule has 0 spiro atoms. The minimum Gasteiger partial charge on any atom is -0.394 e. The molecule has 0 fully saturated rings. The summed E-state index contributed by atoms with van der Waals surface area (Å²) in [6.07, 6.45) is 0.881. The molecule has 2 N–H and O–H groups in total. The molecule has 2 aromatic heterocycles. The van der Waals surface area contributed by atoms with Crippen LogP contribution in [0.1, 0.15) is 26.1 Å². The van der Waals surface area contributed by atoms with E-state index in [2.05, 4.69) is 34.5 Å². The number of aryl methyl sites for hydroxylation is 1. The average Bonchev–Trinajstić information content (AvgIpc) is 2.88. The second kappa shape index (κ2) is 5.88. The van der Waals surface area contributed by atoms with Gasteiger partial charge in [-0.15, -0.1) is 15.3 Å². The van der Waals surface area contributed by atoms with Crippen molar-refractivity contribution in [2.45, 2.75) is 33.2 Å². The van der Waals surface area contributed by atoms with Crippen molar-refractivity contribution < 1.29 is 5.11 Å². The van der Waals surface area contributed by atoms with Gasteiger partial charge in [0.15, 0.2) is 17.3 Å². The van der Waals surface area contributed by atoms with E-state index in [1.165, 1.54) is 0 Å². The summed E-state index contributed by atoms with van der Waals surface area (Å²) in [6, 6.07) is 7.96. The Bertz CT molecular complexity index is 796. The molecule has 116 valence electrons. The molecule has 0 aliphatic carbocycles. The maximum Gasteiger partial charge on any atom is 0.185 e. The number of aliphatic hydroxyl groups excluding tert-OH is 1. The predicted molar refractivity (Wildman–Crippen MR) is 87.0 cm³/mol. The molecule has 3 rings (SSSR count). The minimum absolute atomic E-state index is 0.0230. The fourth-order valence-corrected chi connectivity index (χ4v) is 2.73. The fourth-order valence-electron chi connectivity index (χ4n) is 2.73. The van der Waals surface area contributed by atoms with Gasteiger partial charge in [-0.2, -0.15) is 4.52 Å². The Morgan fingerprint density at radius 3 is 2.59 bits per heavy atom. The van der Waals surface area contributed by atoms with Crippen LogP contribution in [0.2, 0.25) is 0 Å². The zero-order chi connectivity index (χ0) is 15.7. The van der Waals surface area contributed by atoms with Crippen LogP contribution >= 0.6 is 0 Å². The van der Waals surface area contributed by atoms with Gasteiger partial charge >= 0.3 is 0 Å². The lowest BCUT2D eigenvalue weighted by atomic mass is 10.0. The normalized spacial score (nSPS) is 13.1. The topological polar surface area (TPSA) is 75.3 Å². The van der Waals surface area contributed by atoms with Crippen LogP contribution in [-0.4, -0.2) is 37.6 Å². The highest BCUT2D eigenvalue weighted by molar-refractivity contribution is 5.99. The molecule has 0 saturated heterocycles. The van der Waals surface area contributed by atoms with Gasteiger partial charge < -0.3 is 10.4 Å². The maximum absolute atomic E-state index is 9.61. The summed E-state index contributed by atoms with van der Waals surface area (Å²) in [6.45, 7) is 6.24.